The maximum Gasteiger partial charge on any atom is 0.249 e. The highest BCUT2D eigenvalue weighted by molar-refractivity contribution is 9.10. The number of halogens is 1. The molecule has 1 aromatic heterocycles. The molecular weight excluding hydrogens is 274 g/mol. The van der Waals surface area contributed by atoms with Gasteiger partial charge in [0.15, 0.2) is 5.82 Å². The number of ether oxygens (including phenoxy) is 1. The van der Waals surface area contributed by atoms with E-state index in [1.807, 2.05) is 11.0 Å². The summed E-state index contributed by atoms with van der Waals surface area (Å²) in [6.45, 7) is 1.78. The van der Waals surface area contributed by atoms with E-state index in [1.165, 1.54) is 0 Å². The van der Waals surface area contributed by atoms with Gasteiger partial charge in [-0.15, -0.1) is 0 Å². The van der Waals surface area contributed by atoms with Crippen LogP contribution in [0.1, 0.15) is 0 Å². The minimum absolute atomic E-state index is 0.0212. The van der Waals surface area contributed by atoms with Crippen molar-refractivity contribution in [1.29, 1.82) is 0 Å². The summed E-state index contributed by atoms with van der Waals surface area (Å²) in [5.74, 6) is 0.809. The summed E-state index contributed by atoms with van der Waals surface area (Å²) in [7, 11) is 0. The Balaban J connectivity index is 2.06. The van der Waals surface area contributed by atoms with Crippen molar-refractivity contribution < 1.29 is 9.53 Å². The summed E-state index contributed by atoms with van der Waals surface area (Å²) >= 11 is 3.34. The smallest absolute Gasteiger partial charge is 0.249 e. The van der Waals surface area contributed by atoms with Crippen LogP contribution in [0.4, 0.5) is 11.5 Å². The number of hydrogen-bond donors (Lipinski definition) is 1. The molecular formula is C10H10BrN3O2. The Kier molecular flexibility index (Phi) is 2.33. The van der Waals surface area contributed by atoms with Crippen LogP contribution < -0.4 is 10.2 Å². The monoisotopic (exact) mass is 283 g/mol. The van der Waals surface area contributed by atoms with Crippen LogP contribution in [0.25, 0.3) is 0 Å². The van der Waals surface area contributed by atoms with E-state index in [2.05, 4.69) is 26.2 Å². The number of fused-ring (bicyclic) bond motifs is 3. The van der Waals surface area contributed by atoms with Crippen molar-refractivity contribution in [3.63, 3.8) is 0 Å². The first kappa shape index (κ1) is 10.0. The minimum atomic E-state index is -0.241. The number of carbonyl (C=O) groups excluding carboxylic acids is 1. The van der Waals surface area contributed by atoms with E-state index in [-0.39, 0.29) is 11.9 Å². The van der Waals surface area contributed by atoms with Crippen LogP contribution in [0.5, 0.6) is 0 Å². The fourth-order valence-electron chi connectivity index (χ4n) is 2.04. The van der Waals surface area contributed by atoms with Gasteiger partial charge in [-0.05, 0) is 22.0 Å². The Morgan fingerprint density at radius 1 is 1.62 bits per heavy atom. The lowest BCUT2D eigenvalue weighted by molar-refractivity contribution is -0.120. The molecule has 16 heavy (non-hydrogen) atoms. The predicted octanol–water partition coefficient (Wildman–Crippen LogP) is 1.00. The molecule has 0 radical (unpaired) electrons. The van der Waals surface area contributed by atoms with Gasteiger partial charge in [0, 0.05) is 17.2 Å². The molecule has 0 aliphatic carbocycles. The average molecular weight is 284 g/mol. The molecule has 0 aromatic carbocycles. The molecule has 1 amide bonds. The Bertz CT molecular complexity index is 452. The summed E-state index contributed by atoms with van der Waals surface area (Å²) < 4.78 is 6.17. The Morgan fingerprint density at radius 3 is 3.38 bits per heavy atom. The lowest BCUT2D eigenvalue weighted by Crippen LogP contribution is -2.55. The van der Waals surface area contributed by atoms with Crippen molar-refractivity contribution in [2.45, 2.75) is 6.04 Å². The molecule has 0 bridgehead atoms. The van der Waals surface area contributed by atoms with Crippen LogP contribution in [0.3, 0.4) is 0 Å². The van der Waals surface area contributed by atoms with Crippen molar-refractivity contribution in [2.24, 2.45) is 0 Å². The van der Waals surface area contributed by atoms with E-state index in [9.17, 15) is 4.79 Å². The van der Waals surface area contributed by atoms with Crippen molar-refractivity contribution in [3.05, 3.63) is 16.7 Å². The SMILES string of the molecule is O=C1Nc2cc(Br)cnc2N2CCOCC12. The third kappa shape index (κ3) is 1.49. The number of morpholine rings is 1. The number of carbonyl (C=O) groups is 1. The standard InChI is InChI=1S/C10H10BrN3O2/c11-6-3-7-9(12-4-6)14-1-2-16-5-8(14)10(15)13-7/h3-4,8H,1-2,5H2,(H,13,15). The number of amides is 1. The topological polar surface area (TPSA) is 54.5 Å². The van der Waals surface area contributed by atoms with Crippen LogP contribution in [-0.4, -0.2) is 36.7 Å². The maximum atomic E-state index is 11.8. The molecule has 6 heteroatoms. The van der Waals surface area contributed by atoms with E-state index in [4.69, 9.17) is 4.74 Å². The molecule has 2 aliphatic heterocycles. The van der Waals surface area contributed by atoms with Gasteiger partial charge >= 0.3 is 0 Å². The molecule has 1 atom stereocenters. The molecule has 1 aromatic rings. The van der Waals surface area contributed by atoms with Gasteiger partial charge in [0.2, 0.25) is 5.91 Å². The van der Waals surface area contributed by atoms with Crippen molar-refractivity contribution in [3.8, 4) is 0 Å². The summed E-state index contributed by atoms with van der Waals surface area (Å²) in [6, 6.07) is 1.63. The zero-order chi connectivity index (χ0) is 11.1. The third-order valence-corrected chi connectivity index (χ3v) is 3.23. The molecule has 1 saturated heterocycles. The second-order valence-corrected chi connectivity index (χ2v) is 4.71. The predicted molar refractivity (Wildman–Crippen MR) is 62.5 cm³/mol. The molecule has 3 heterocycles. The van der Waals surface area contributed by atoms with Gasteiger partial charge in [0.05, 0.1) is 18.9 Å². The number of nitrogens with zero attached hydrogens (tertiary/aromatic N) is 2. The highest BCUT2D eigenvalue weighted by atomic mass is 79.9. The molecule has 1 unspecified atom stereocenters. The lowest BCUT2D eigenvalue weighted by Gasteiger charge is -2.39. The molecule has 0 spiro atoms. The van der Waals surface area contributed by atoms with Crippen LogP contribution >= 0.6 is 15.9 Å². The first-order chi connectivity index (χ1) is 7.75. The number of hydrogen-bond acceptors (Lipinski definition) is 4. The average Bonchev–Trinajstić information content (AvgIpc) is 2.29. The van der Waals surface area contributed by atoms with E-state index in [0.717, 1.165) is 16.0 Å². The van der Waals surface area contributed by atoms with Gasteiger partial charge in [-0.2, -0.15) is 0 Å². The zero-order valence-electron chi connectivity index (χ0n) is 8.44. The summed E-state index contributed by atoms with van der Waals surface area (Å²) in [4.78, 5) is 18.2. The van der Waals surface area contributed by atoms with Crippen LogP contribution in [-0.2, 0) is 9.53 Å². The number of nitrogens with one attached hydrogen (secondary N) is 1. The quantitative estimate of drug-likeness (QED) is 0.772. The third-order valence-electron chi connectivity index (χ3n) is 2.79. The lowest BCUT2D eigenvalue weighted by atomic mass is 10.1. The normalized spacial score (nSPS) is 23.4. The van der Waals surface area contributed by atoms with Crippen molar-refractivity contribution in [1.82, 2.24) is 4.98 Å². The molecule has 0 saturated carbocycles. The second-order valence-electron chi connectivity index (χ2n) is 3.80. The van der Waals surface area contributed by atoms with Gasteiger partial charge in [0.25, 0.3) is 0 Å². The fourth-order valence-corrected chi connectivity index (χ4v) is 2.37. The van der Waals surface area contributed by atoms with Crippen molar-refractivity contribution >= 4 is 33.3 Å². The first-order valence-corrected chi connectivity index (χ1v) is 5.86. The molecule has 5 nitrogen and oxygen atoms in total. The highest BCUT2D eigenvalue weighted by Crippen LogP contribution is 2.32. The molecule has 84 valence electrons. The number of aromatic nitrogens is 1. The number of pyridine rings is 1. The summed E-state index contributed by atoms with van der Waals surface area (Å²) in [5.41, 5.74) is 0.762. The zero-order valence-corrected chi connectivity index (χ0v) is 10.0. The van der Waals surface area contributed by atoms with E-state index in [1.54, 1.807) is 6.20 Å². The molecule has 2 aliphatic rings. The molecule has 3 rings (SSSR count). The van der Waals surface area contributed by atoms with Gasteiger partial charge in [-0.1, -0.05) is 0 Å². The fraction of sp³-hybridized carbons (Fsp3) is 0.400. The van der Waals surface area contributed by atoms with E-state index in [0.29, 0.717) is 19.8 Å². The van der Waals surface area contributed by atoms with Crippen LogP contribution in [0.2, 0.25) is 0 Å². The van der Waals surface area contributed by atoms with Gasteiger partial charge < -0.3 is 15.0 Å². The van der Waals surface area contributed by atoms with E-state index < -0.39 is 0 Å². The molecule has 1 fully saturated rings. The minimum Gasteiger partial charge on any atom is -0.377 e. The maximum absolute atomic E-state index is 11.8. The van der Waals surface area contributed by atoms with Gasteiger partial charge in [-0.25, -0.2) is 4.98 Å². The van der Waals surface area contributed by atoms with Gasteiger partial charge in [-0.3, -0.25) is 4.79 Å². The molecule has 1 N–H and O–H groups in total. The van der Waals surface area contributed by atoms with Crippen molar-refractivity contribution in [2.75, 3.05) is 30.0 Å². The second kappa shape index (κ2) is 3.71. The Labute approximate surface area is 101 Å². The number of rotatable bonds is 0. The summed E-state index contributed by atoms with van der Waals surface area (Å²) in [6.07, 6.45) is 1.74. The first-order valence-electron chi connectivity index (χ1n) is 5.06. The summed E-state index contributed by atoms with van der Waals surface area (Å²) in [5, 5.41) is 2.85. The Hall–Kier alpha value is -1.14. The highest BCUT2D eigenvalue weighted by Gasteiger charge is 2.36. The number of anilines is 2. The largest absolute Gasteiger partial charge is 0.377 e. The van der Waals surface area contributed by atoms with E-state index >= 15 is 0 Å². The van der Waals surface area contributed by atoms with Crippen LogP contribution in [0, 0.1) is 0 Å². The van der Waals surface area contributed by atoms with Gasteiger partial charge in [0.1, 0.15) is 6.04 Å². The Morgan fingerprint density at radius 2 is 2.50 bits per heavy atom. The van der Waals surface area contributed by atoms with Crippen LogP contribution in [0.15, 0.2) is 16.7 Å².